The van der Waals surface area contributed by atoms with E-state index >= 15 is 0 Å². The molecule has 0 saturated carbocycles. The minimum atomic E-state index is -1.82. The number of quaternary nitrogens is 1. The number of rotatable bonds is 9. The molecule has 3 amide bonds. The fourth-order valence-corrected chi connectivity index (χ4v) is 4.93. The molecular formula is C22H30ClN2O13+. The van der Waals surface area contributed by atoms with Gasteiger partial charge in [0.15, 0.2) is 12.2 Å². The number of imide groups is 1. The van der Waals surface area contributed by atoms with Gasteiger partial charge in [-0.15, -0.1) is 11.6 Å². The van der Waals surface area contributed by atoms with Crippen molar-refractivity contribution in [1.82, 2.24) is 5.32 Å². The molecule has 0 radical (unpaired) electrons. The normalized spacial score (nSPS) is 36.9. The Bertz CT molecular complexity index is 1010. The third kappa shape index (κ3) is 5.68. The van der Waals surface area contributed by atoms with Crippen molar-refractivity contribution in [2.75, 3.05) is 19.1 Å². The van der Waals surface area contributed by atoms with Crippen LogP contribution in [0.4, 0.5) is 4.79 Å². The van der Waals surface area contributed by atoms with Crippen LogP contribution in [0.3, 0.4) is 0 Å². The van der Waals surface area contributed by atoms with E-state index in [9.17, 15) is 39.3 Å². The molecule has 0 spiro atoms. The number of nitrogens with one attached hydrogen (secondary N) is 1. The van der Waals surface area contributed by atoms with Gasteiger partial charge in [0.25, 0.3) is 12.1 Å². The third-order valence-corrected chi connectivity index (χ3v) is 6.49. The summed E-state index contributed by atoms with van der Waals surface area (Å²) in [5.41, 5.74) is -0.0324. The van der Waals surface area contributed by atoms with Crippen molar-refractivity contribution in [2.24, 2.45) is 0 Å². The SMILES string of the molecule is CC(=O)OC[C@H]1O[C@@H]([N+]2([C@@H]3O[C@H](CO)[C@@H](O)[C@H]3O)C=C(CCCl)C(=O)NC2=O)[C@H](OC(C)=O)[C@@H]1OC(C)=O. The van der Waals surface area contributed by atoms with E-state index in [2.05, 4.69) is 5.32 Å². The molecule has 3 heterocycles. The van der Waals surface area contributed by atoms with E-state index in [1.54, 1.807) is 0 Å². The molecule has 0 aromatic carbocycles. The first-order valence-corrected chi connectivity index (χ1v) is 12.2. The lowest BCUT2D eigenvalue weighted by Gasteiger charge is -2.44. The first-order valence-electron chi connectivity index (χ1n) is 11.6. The van der Waals surface area contributed by atoms with Crippen LogP contribution in [-0.4, -0.2) is 118 Å². The third-order valence-electron chi connectivity index (χ3n) is 6.30. The van der Waals surface area contributed by atoms with E-state index in [0.717, 1.165) is 27.0 Å². The molecule has 0 aromatic heterocycles. The molecule has 9 atom stereocenters. The number of carbonyl (C=O) groups excluding carboxylic acids is 5. The van der Waals surface area contributed by atoms with Crippen molar-refractivity contribution in [3.8, 4) is 0 Å². The minimum Gasteiger partial charge on any atom is -0.463 e. The summed E-state index contributed by atoms with van der Waals surface area (Å²) in [5, 5.41) is 33.2. The number of esters is 3. The summed E-state index contributed by atoms with van der Waals surface area (Å²) in [7, 11) is 0. The molecule has 2 fully saturated rings. The van der Waals surface area contributed by atoms with Gasteiger partial charge in [0.1, 0.15) is 31.1 Å². The van der Waals surface area contributed by atoms with Gasteiger partial charge < -0.3 is 39.0 Å². The lowest BCUT2D eigenvalue weighted by Crippen LogP contribution is -2.72. The van der Waals surface area contributed by atoms with Gasteiger partial charge in [-0.05, 0) is 6.42 Å². The number of amides is 3. The number of urea groups is 1. The van der Waals surface area contributed by atoms with Crippen LogP contribution in [0.1, 0.15) is 27.2 Å². The lowest BCUT2D eigenvalue weighted by molar-refractivity contribution is -0.904. The first-order chi connectivity index (χ1) is 17.9. The second-order valence-electron chi connectivity index (χ2n) is 8.93. The predicted molar refractivity (Wildman–Crippen MR) is 121 cm³/mol. The van der Waals surface area contributed by atoms with Crippen molar-refractivity contribution in [2.45, 2.75) is 76.3 Å². The maximum Gasteiger partial charge on any atom is 0.432 e. The summed E-state index contributed by atoms with van der Waals surface area (Å²) < 4.78 is 26.3. The molecule has 212 valence electrons. The Morgan fingerprint density at radius 3 is 2.11 bits per heavy atom. The summed E-state index contributed by atoms with van der Waals surface area (Å²) in [5.74, 6) is -3.24. The Hall–Kier alpha value is -2.66. The highest BCUT2D eigenvalue weighted by atomic mass is 35.5. The molecule has 0 aliphatic carbocycles. The first kappa shape index (κ1) is 29.9. The maximum absolute atomic E-state index is 13.6. The van der Waals surface area contributed by atoms with Crippen LogP contribution in [0.25, 0.3) is 0 Å². The van der Waals surface area contributed by atoms with Crippen LogP contribution in [-0.2, 0) is 42.9 Å². The fraction of sp³-hybridized carbons (Fsp3) is 0.682. The van der Waals surface area contributed by atoms with Crippen molar-refractivity contribution >= 4 is 41.4 Å². The quantitative estimate of drug-likeness (QED) is 0.105. The molecule has 1 unspecified atom stereocenters. The van der Waals surface area contributed by atoms with Gasteiger partial charge in [-0.1, -0.05) is 0 Å². The molecule has 3 rings (SSSR count). The number of alkyl halides is 1. The highest BCUT2D eigenvalue weighted by Gasteiger charge is 2.69. The largest absolute Gasteiger partial charge is 0.463 e. The number of hydrogen-bond donors (Lipinski definition) is 4. The van der Waals surface area contributed by atoms with Gasteiger partial charge in [0.05, 0.1) is 12.2 Å². The van der Waals surface area contributed by atoms with Crippen LogP contribution in [0.5, 0.6) is 0 Å². The molecule has 3 aliphatic heterocycles. The lowest BCUT2D eigenvalue weighted by atomic mass is 10.0. The van der Waals surface area contributed by atoms with Crippen LogP contribution in [0, 0.1) is 0 Å². The Morgan fingerprint density at radius 1 is 0.974 bits per heavy atom. The zero-order chi connectivity index (χ0) is 28.4. The second-order valence-corrected chi connectivity index (χ2v) is 9.31. The maximum atomic E-state index is 13.6. The van der Waals surface area contributed by atoms with Crippen molar-refractivity contribution in [3.05, 3.63) is 11.8 Å². The number of hydrogen-bond acceptors (Lipinski definition) is 13. The molecule has 3 aliphatic rings. The predicted octanol–water partition coefficient (Wildman–Crippen LogP) is -1.84. The van der Waals surface area contributed by atoms with Gasteiger partial charge in [-0.2, -0.15) is 4.48 Å². The minimum absolute atomic E-state index is 0.0324. The number of aliphatic hydroxyl groups excluding tert-OH is 3. The zero-order valence-electron chi connectivity index (χ0n) is 20.8. The topological polar surface area (TPSA) is 204 Å². The van der Waals surface area contributed by atoms with Gasteiger partial charge in [0.2, 0.25) is 12.3 Å². The number of aliphatic hydroxyl groups is 3. The summed E-state index contributed by atoms with van der Waals surface area (Å²) in [6, 6.07) is -1.11. The van der Waals surface area contributed by atoms with E-state index in [1.165, 1.54) is 0 Å². The summed E-state index contributed by atoms with van der Waals surface area (Å²) in [6.07, 6.45) is -11.4. The average molecular weight is 566 g/mol. The highest BCUT2D eigenvalue weighted by Crippen LogP contribution is 2.42. The van der Waals surface area contributed by atoms with E-state index in [1.807, 2.05) is 0 Å². The number of nitrogens with zero attached hydrogens (tertiary/aromatic N) is 1. The zero-order valence-corrected chi connectivity index (χ0v) is 21.5. The standard InChI is InChI=1S/C22H29ClN2O13/c1-9(27)34-8-14-17(35-10(2)28)18(36-11(3)29)21(38-14)25(20-16(31)15(30)13(7-26)37-20)6-12(4-5-23)19(32)24-22(25)33/h6,13-18,20-21,26,30-31H,4-5,7-8H2,1-3H3/p+1/t13-,14-,15-,16-,17-,18-,20-,21-,25?/m1/s1. The molecule has 2 saturated heterocycles. The van der Waals surface area contributed by atoms with Gasteiger partial charge in [-0.25, -0.2) is 10.1 Å². The van der Waals surface area contributed by atoms with E-state index < -0.39 is 96.6 Å². The van der Waals surface area contributed by atoms with Crippen LogP contribution in [0.2, 0.25) is 0 Å². The molecule has 4 N–H and O–H groups in total. The van der Waals surface area contributed by atoms with Crippen molar-refractivity contribution in [1.29, 1.82) is 0 Å². The van der Waals surface area contributed by atoms with Gasteiger partial charge in [-0.3, -0.25) is 19.2 Å². The highest BCUT2D eigenvalue weighted by molar-refractivity contribution is 6.18. The Kier molecular flexibility index (Phi) is 9.46. The molecular weight excluding hydrogens is 536 g/mol. The number of halogens is 1. The fourth-order valence-electron chi connectivity index (χ4n) is 4.72. The van der Waals surface area contributed by atoms with Crippen molar-refractivity contribution in [3.63, 3.8) is 0 Å². The summed E-state index contributed by atoms with van der Waals surface area (Å²) in [4.78, 5) is 61.8. The van der Waals surface area contributed by atoms with Gasteiger partial charge >= 0.3 is 23.9 Å². The van der Waals surface area contributed by atoms with Crippen LogP contribution >= 0.6 is 11.6 Å². The molecule has 38 heavy (non-hydrogen) atoms. The monoisotopic (exact) mass is 565 g/mol. The van der Waals surface area contributed by atoms with Crippen molar-refractivity contribution < 1.29 is 67.5 Å². The second kappa shape index (κ2) is 12.0. The van der Waals surface area contributed by atoms with Crippen LogP contribution < -0.4 is 5.32 Å². The number of carbonyl (C=O) groups is 5. The van der Waals surface area contributed by atoms with E-state index in [0.29, 0.717) is 0 Å². The Labute approximate surface area is 221 Å². The number of ether oxygens (including phenoxy) is 5. The van der Waals surface area contributed by atoms with Gasteiger partial charge in [0, 0.05) is 26.7 Å². The molecule has 0 aromatic rings. The molecule has 15 nitrogen and oxygen atoms in total. The van der Waals surface area contributed by atoms with E-state index in [4.69, 9.17) is 35.3 Å². The average Bonchev–Trinajstić information content (AvgIpc) is 3.31. The Balaban J connectivity index is 2.23. The summed E-state index contributed by atoms with van der Waals surface area (Å²) >= 11 is 5.85. The smallest absolute Gasteiger partial charge is 0.432 e. The molecule has 0 bridgehead atoms. The van der Waals surface area contributed by atoms with E-state index in [-0.39, 0.29) is 17.9 Å². The summed E-state index contributed by atoms with van der Waals surface area (Å²) in [6.45, 7) is 2.01. The Morgan fingerprint density at radius 2 is 1.58 bits per heavy atom. The molecule has 16 heteroatoms. The van der Waals surface area contributed by atoms with Crippen LogP contribution in [0.15, 0.2) is 11.8 Å².